The monoisotopic (exact) mass is 353 g/mol. The molecule has 5 nitrogen and oxygen atoms in total. The molecule has 2 fully saturated rings. The second-order valence-corrected chi connectivity index (χ2v) is 9.11. The van der Waals surface area contributed by atoms with E-state index in [9.17, 15) is 4.79 Å². The molecule has 0 spiro atoms. The molecule has 2 saturated heterocycles. The third kappa shape index (κ3) is 7.14. The summed E-state index contributed by atoms with van der Waals surface area (Å²) < 4.78 is 5.62. The normalized spacial score (nSPS) is 25.0. The van der Waals surface area contributed by atoms with Crippen molar-refractivity contribution in [3.05, 3.63) is 0 Å². The molecule has 1 amide bonds. The van der Waals surface area contributed by atoms with E-state index < -0.39 is 5.60 Å². The van der Waals surface area contributed by atoms with E-state index in [1.54, 1.807) is 0 Å². The summed E-state index contributed by atoms with van der Waals surface area (Å²) >= 11 is 0. The smallest absolute Gasteiger partial charge is 0.410 e. The van der Waals surface area contributed by atoms with Gasteiger partial charge in [-0.2, -0.15) is 0 Å². The highest BCUT2D eigenvalue weighted by Gasteiger charge is 2.31. The minimum Gasteiger partial charge on any atom is -0.444 e. The Hall–Kier alpha value is -0.810. The largest absolute Gasteiger partial charge is 0.444 e. The summed E-state index contributed by atoms with van der Waals surface area (Å²) in [6, 6.07) is 0.747. The average Bonchev–Trinajstić information content (AvgIpc) is 2.53. The number of carbonyl (C=O) groups excluding carboxylic acids is 1. The molecule has 146 valence electrons. The number of carbonyl (C=O) groups is 1. The van der Waals surface area contributed by atoms with Crippen LogP contribution in [0.3, 0.4) is 0 Å². The SMILES string of the molecule is CC(CC1CCCCN1C(=O)OC(C)(C)C)NCC1CCN(C)CC1. The lowest BCUT2D eigenvalue weighted by Gasteiger charge is -2.38. The van der Waals surface area contributed by atoms with E-state index >= 15 is 0 Å². The van der Waals surface area contributed by atoms with Gasteiger partial charge in [-0.15, -0.1) is 0 Å². The van der Waals surface area contributed by atoms with Crippen molar-refractivity contribution >= 4 is 6.09 Å². The minimum absolute atomic E-state index is 0.139. The number of hydrogen-bond acceptors (Lipinski definition) is 4. The number of rotatable bonds is 5. The third-order valence-electron chi connectivity index (χ3n) is 5.47. The fourth-order valence-electron chi connectivity index (χ4n) is 3.93. The summed E-state index contributed by atoms with van der Waals surface area (Å²) in [6.45, 7) is 12.5. The van der Waals surface area contributed by atoms with Crippen LogP contribution in [0.1, 0.15) is 66.2 Å². The van der Waals surface area contributed by atoms with Crippen LogP contribution < -0.4 is 5.32 Å². The van der Waals surface area contributed by atoms with Crippen molar-refractivity contribution in [2.75, 3.05) is 33.2 Å². The molecule has 0 aromatic carbocycles. The predicted octanol–water partition coefficient (Wildman–Crippen LogP) is 3.49. The molecule has 0 radical (unpaired) electrons. The minimum atomic E-state index is -0.420. The Balaban J connectivity index is 1.78. The molecular formula is C20H39N3O2. The standard InChI is InChI=1S/C20H39N3O2/c1-16(21-15-17-9-12-22(5)13-10-17)14-18-8-6-7-11-23(18)19(24)25-20(2,3)4/h16-18,21H,6-15H2,1-5H3. The summed E-state index contributed by atoms with van der Waals surface area (Å²) in [7, 11) is 2.21. The van der Waals surface area contributed by atoms with Crippen LogP contribution in [0.2, 0.25) is 0 Å². The van der Waals surface area contributed by atoms with E-state index in [4.69, 9.17) is 4.74 Å². The highest BCUT2D eigenvalue weighted by Crippen LogP contribution is 2.24. The number of likely N-dealkylation sites (tertiary alicyclic amines) is 2. The zero-order valence-electron chi connectivity index (χ0n) is 17.0. The lowest BCUT2D eigenvalue weighted by atomic mass is 9.94. The number of nitrogens with zero attached hydrogens (tertiary/aromatic N) is 2. The number of hydrogen-bond donors (Lipinski definition) is 1. The van der Waals surface area contributed by atoms with E-state index in [0.717, 1.165) is 38.3 Å². The molecule has 0 aromatic rings. The summed E-state index contributed by atoms with van der Waals surface area (Å²) in [6.07, 6.45) is 6.87. The van der Waals surface area contributed by atoms with Crippen LogP contribution in [0, 0.1) is 5.92 Å². The van der Waals surface area contributed by atoms with Gasteiger partial charge < -0.3 is 19.9 Å². The lowest BCUT2D eigenvalue weighted by Crippen LogP contribution is -2.48. The third-order valence-corrected chi connectivity index (χ3v) is 5.47. The Bertz CT molecular complexity index is 414. The maximum atomic E-state index is 12.5. The number of piperidine rings is 2. The highest BCUT2D eigenvalue weighted by atomic mass is 16.6. The van der Waals surface area contributed by atoms with Crippen LogP contribution in [-0.4, -0.2) is 66.8 Å². The van der Waals surface area contributed by atoms with Crippen molar-refractivity contribution in [2.24, 2.45) is 5.92 Å². The van der Waals surface area contributed by atoms with Crippen molar-refractivity contribution in [3.8, 4) is 0 Å². The second-order valence-electron chi connectivity index (χ2n) is 9.11. The Morgan fingerprint density at radius 1 is 1.16 bits per heavy atom. The Kier molecular flexibility index (Phi) is 7.56. The van der Waals surface area contributed by atoms with Crippen LogP contribution in [0.4, 0.5) is 4.79 Å². The van der Waals surface area contributed by atoms with Crippen molar-refractivity contribution in [2.45, 2.75) is 83.9 Å². The topological polar surface area (TPSA) is 44.8 Å². The zero-order valence-corrected chi connectivity index (χ0v) is 17.0. The van der Waals surface area contributed by atoms with Gasteiger partial charge in [0.15, 0.2) is 0 Å². The van der Waals surface area contributed by atoms with Crippen LogP contribution in [0.5, 0.6) is 0 Å². The summed E-state index contributed by atoms with van der Waals surface area (Å²) in [5.74, 6) is 0.798. The van der Waals surface area contributed by atoms with Gasteiger partial charge >= 0.3 is 6.09 Å². The molecule has 0 saturated carbocycles. The number of ether oxygens (including phenoxy) is 1. The maximum absolute atomic E-state index is 12.5. The van der Waals surface area contributed by atoms with Gasteiger partial charge in [-0.1, -0.05) is 0 Å². The van der Waals surface area contributed by atoms with E-state index in [0.29, 0.717) is 12.1 Å². The second kappa shape index (κ2) is 9.22. The summed E-state index contributed by atoms with van der Waals surface area (Å²) in [4.78, 5) is 16.9. The fraction of sp³-hybridized carbons (Fsp3) is 0.950. The van der Waals surface area contributed by atoms with Gasteiger partial charge in [0.2, 0.25) is 0 Å². The van der Waals surface area contributed by atoms with Crippen molar-refractivity contribution in [3.63, 3.8) is 0 Å². The van der Waals surface area contributed by atoms with Crippen LogP contribution in [0.25, 0.3) is 0 Å². The Morgan fingerprint density at radius 2 is 1.84 bits per heavy atom. The Morgan fingerprint density at radius 3 is 2.48 bits per heavy atom. The van der Waals surface area contributed by atoms with E-state index in [1.165, 1.54) is 32.4 Å². The quantitative estimate of drug-likeness (QED) is 0.822. The van der Waals surface area contributed by atoms with Gasteiger partial charge in [0.05, 0.1) is 0 Å². The van der Waals surface area contributed by atoms with Gasteiger partial charge in [0.1, 0.15) is 5.60 Å². The Labute approximate surface area is 154 Å². The van der Waals surface area contributed by atoms with Crippen LogP contribution in [-0.2, 0) is 4.74 Å². The molecule has 2 heterocycles. The predicted molar refractivity (Wildman–Crippen MR) is 103 cm³/mol. The molecule has 2 aliphatic rings. The van der Waals surface area contributed by atoms with Gasteiger partial charge in [0.25, 0.3) is 0 Å². The first-order valence-electron chi connectivity index (χ1n) is 10.2. The number of amides is 1. The van der Waals surface area contributed by atoms with Crippen LogP contribution in [0.15, 0.2) is 0 Å². The molecule has 1 N–H and O–H groups in total. The van der Waals surface area contributed by atoms with Gasteiger partial charge in [-0.05, 0) is 98.8 Å². The molecule has 2 rings (SSSR count). The van der Waals surface area contributed by atoms with Crippen molar-refractivity contribution in [1.29, 1.82) is 0 Å². The molecule has 25 heavy (non-hydrogen) atoms. The van der Waals surface area contributed by atoms with Crippen molar-refractivity contribution < 1.29 is 9.53 Å². The molecule has 2 unspecified atom stereocenters. The first kappa shape index (κ1) is 20.5. The van der Waals surface area contributed by atoms with E-state index in [-0.39, 0.29) is 6.09 Å². The molecule has 0 aromatic heterocycles. The highest BCUT2D eigenvalue weighted by molar-refractivity contribution is 5.68. The molecule has 2 aliphatic heterocycles. The van der Waals surface area contributed by atoms with Gasteiger partial charge in [-0.3, -0.25) is 0 Å². The lowest BCUT2D eigenvalue weighted by molar-refractivity contribution is 0.00783. The molecular weight excluding hydrogens is 314 g/mol. The number of nitrogens with one attached hydrogen (secondary N) is 1. The van der Waals surface area contributed by atoms with Crippen LogP contribution >= 0.6 is 0 Å². The maximum Gasteiger partial charge on any atom is 0.410 e. The molecule has 5 heteroatoms. The summed E-state index contributed by atoms with van der Waals surface area (Å²) in [5, 5.41) is 3.72. The molecule has 2 atom stereocenters. The zero-order chi connectivity index (χ0) is 18.4. The van der Waals surface area contributed by atoms with E-state index in [2.05, 4.69) is 24.2 Å². The summed E-state index contributed by atoms with van der Waals surface area (Å²) in [5.41, 5.74) is -0.420. The van der Waals surface area contributed by atoms with Gasteiger partial charge in [-0.25, -0.2) is 4.79 Å². The first-order valence-corrected chi connectivity index (χ1v) is 10.2. The average molecular weight is 354 g/mol. The first-order chi connectivity index (χ1) is 11.7. The molecule has 0 bridgehead atoms. The van der Waals surface area contributed by atoms with Gasteiger partial charge in [0, 0.05) is 18.6 Å². The van der Waals surface area contributed by atoms with Crippen molar-refractivity contribution in [1.82, 2.24) is 15.1 Å². The molecule has 0 aliphatic carbocycles. The van der Waals surface area contributed by atoms with E-state index in [1.807, 2.05) is 25.7 Å². The fourth-order valence-corrected chi connectivity index (χ4v) is 3.93.